The Morgan fingerprint density at radius 3 is 2.89 bits per heavy atom. The van der Waals surface area contributed by atoms with Crippen LogP contribution in [0.1, 0.15) is 37.0 Å². The van der Waals surface area contributed by atoms with Crippen molar-refractivity contribution in [3.05, 3.63) is 23.9 Å². The number of nitrogens with one attached hydrogen (secondary N) is 1. The lowest BCUT2D eigenvalue weighted by molar-refractivity contribution is 0.0701. The van der Waals surface area contributed by atoms with Crippen LogP contribution in [0, 0.1) is 5.92 Å². The van der Waals surface area contributed by atoms with Crippen molar-refractivity contribution in [2.45, 2.75) is 32.7 Å². The predicted octanol–water partition coefficient (Wildman–Crippen LogP) is 1.63. The Morgan fingerprint density at radius 1 is 1.56 bits per heavy atom. The van der Waals surface area contributed by atoms with Gasteiger partial charge in [-0.2, -0.15) is 0 Å². The molecular formula is C13H20N4O. The minimum Gasteiger partial charge on any atom is -0.335 e. The number of nitrogen functional groups attached to an aromatic ring is 1. The summed E-state index contributed by atoms with van der Waals surface area (Å²) in [5.74, 6) is 6.38. The fraction of sp³-hybridized carbons (Fsp3) is 0.538. The number of hydrogen-bond acceptors (Lipinski definition) is 4. The first-order valence-corrected chi connectivity index (χ1v) is 6.37. The molecule has 5 heteroatoms. The molecule has 1 fully saturated rings. The highest BCUT2D eigenvalue weighted by Crippen LogP contribution is 2.25. The first-order chi connectivity index (χ1) is 8.63. The number of pyridine rings is 1. The normalized spacial score (nSPS) is 19.3. The average Bonchev–Trinajstić information content (AvgIpc) is 2.87. The van der Waals surface area contributed by atoms with Gasteiger partial charge in [-0.15, -0.1) is 0 Å². The zero-order valence-corrected chi connectivity index (χ0v) is 10.9. The van der Waals surface area contributed by atoms with Crippen LogP contribution in [0.3, 0.4) is 0 Å². The molecule has 3 N–H and O–H groups in total. The molecule has 1 aromatic rings. The van der Waals surface area contributed by atoms with E-state index in [1.165, 1.54) is 0 Å². The molecule has 18 heavy (non-hydrogen) atoms. The number of likely N-dealkylation sites (tertiary alicyclic amines) is 1. The Balaban J connectivity index is 2.14. The smallest absolute Gasteiger partial charge is 0.255 e. The molecule has 1 aromatic heterocycles. The molecule has 1 aliphatic rings. The quantitative estimate of drug-likeness (QED) is 0.630. The molecule has 1 unspecified atom stereocenters. The number of nitrogens with two attached hydrogens (primary N) is 1. The van der Waals surface area contributed by atoms with Crippen LogP contribution in [-0.2, 0) is 0 Å². The van der Waals surface area contributed by atoms with Crippen molar-refractivity contribution < 1.29 is 4.79 Å². The van der Waals surface area contributed by atoms with Gasteiger partial charge in [0.25, 0.3) is 5.91 Å². The SMILES string of the molecule is CC(C)C1CCCN1C(=O)c1ccc(NN)nc1. The number of rotatable bonds is 3. The van der Waals surface area contributed by atoms with Crippen molar-refractivity contribution in [2.24, 2.45) is 11.8 Å². The van der Waals surface area contributed by atoms with Crippen LogP contribution in [0.4, 0.5) is 5.82 Å². The summed E-state index contributed by atoms with van der Waals surface area (Å²) in [6.45, 7) is 5.17. The lowest BCUT2D eigenvalue weighted by Crippen LogP contribution is -2.38. The Hall–Kier alpha value is -1.62. The summed E-state index contributed by atoms with van der Waals surface area (Å²) >= 11 is 0. The molecule has 98 valence electrons. The first kappa shape index (κ1) is 12.8. The molecule has 0 aliphatic carbocycles. The number of hydrazine groups is 1. The number of amides is 1. The van der Waals surface area contributed by atoms with E-state index in [0.29, 0.717) is 23.3 Å². The maximum Gasteiger partial charge on any atom is 0.255 e. The highest BCUT2D eigenvalue weighted by molar-refractivity contribution is 5.94. The van der Waals surface area contributed by atoms with Gasteiger partial charge in [0.15, 0.2) is 0 Å². The maximum atomic E-state index is 12.4. The van der Waals surface area contributed by atoms with Crippen molar-refractivity contribution in [1.82, 2.24) is 9.88 Å². The molecule has 0 aromatic carbocycles. The number of carbonyl (C=O) groups excluding carboxylic acids is 1. The van der Waals surface area contributed by atoms with E-state index in [-0.39, 0.29) is 5.91 Å². The van der Waals surface area contributed by atoms with Crippen LogP contribution in [0.2, 0.25) is 0 Å². The van der Waals surface area contributed by atoms with Gasteiger partial charge in [0, 0.05) is 18.8 Å². The molecule has 0 saturated carbocycles. The van der Waals surface area contributed by atoms with E-state index < -0.39 is 0 Å². The van der Waals surface area contributed by atoms with Crippen molar-refractivity contribution in [3.8, 4) is 0 Å². The third-order valence-electron chi connectivity index (χ3n) is 3.49. The van der Waals surface area contributed by atoms with Crippen LogP contribution in [0.15, 0.2) is 18.3 Å². The summed E-state index contributed by atoms with van der Waals surface area (Å²) in [5, 5.41) is 0. The van der Waals surface area contributed by atoms with Crippen LogP contribution in [0.5, 0.6) is 0 Å². The van der Waals surface area contributed by atoms with Gasteiger partial charge in [-0.3, -0.25) is 4.79 Å². The number of carbonyl (C=O) groups is 1. The standard InChI is InChI=1S/C13H20N4O/c1-9(2)11-4-3-7-17(11)13(18)10-5-6-12(16-14)15-8-10/h5-6,8-9,11H,3-4,7,14H2,1-2H3,(H,15,16). The van der Waals surface area contributed by atoms with Crippen molar-refractivity contribution >= 4 is 11.7 Å². The van der Waals surface area contributed by atoms with E-state index >= 15 is 0 Å². The summed E-state index contributed by atoms with van der Waals surface area (Å²) in [5.41, 5.74) is 3.08. The van der Waals surface area contributed by atoms with E-state index in [4.69, 9.17) is 5.84 Å². The molecule has 1 amide bonds. The third kappa shape index (κ3) is 2.46. The van der Waals surface area contributed by atoms with Gasteiger partial charge in [-0.25, -0.2) is 10.8 Å². The molecule has 1 atom stereocenters. The fourth-order valence-corrected chi connectivity index (χ4v) is 2.51. The summed E-state index contributed by atoms with van der Waals surface area (Å²) in [6.07, 6.45) is 3.76. The van der Waals surface area contributed by atoms with E-state index in [1.54, 1.807) is 18.3 Å². The van der Waals surface area contributed by atoms with Gasteiger partial charge in [-0.05, 0) is 30.9 Å². The van der Waals surface area contributed by atoms with Crippen molar-refractivity contribution in [1.29, 1.82) is 0 Å². The van der Waals surface area contributed by atoms with Gasteiger partial charge in [0.05, 0.1) is 5.56 Å². The summed E-state index contributed by atoms with van der Waals surface area (Å²) in [7, 11) is 0. The van der Waals surface area contributed by atoms with Crippen LogP contribution < -0.4 is 11.3 Å². The minimum absolute atomic E-state index is 0.0715. The molecule has 1 saturated heterocycles. The fourth-order valence-electron chi connectivity index (χ4n) is 2.51. The first-order valence-electron chi connectivity index (χ1n) is 6.37. The van der Waals surface area contributed by atoms with Gasteiger partial charge in [0.2, 0.25) is 0 Å². The second-order valence-electron chi connectivity index (χ2n) is 5.03. The summed E-state index contributed by atoms with van der Waals surface area (Å²) in [6, 6.07) is 3.83. The second kappa shape index (κ2) is 5.35. The second-order valence-corrected chi connectivity index (χ2v) is 5.03. The molecule has 0 bridgehead atoms. The number of aromatic nitrogens is 1. The lowest BCUT2D eigenvalue weighted by atomic mass is 10.0. The average molecular weight is 248 g/mol. The van der Waals surface area contributed by atoms with Gasteiger partial charge in [-0.1, -0.05) is 13.8 Å². The maximum absolute atomic E-state index is 12.4. The molecule has 2 heterocycles. The zero-order valence-electron chi connectivity index (χ0n) is 10.9. The Labute approximate surface area is 107 Å². The van der Waals surface area contributed by atoms with Crippen LogP contribution in [0.25, 0.3) is 0 Å². The van der Waals surface area contributed by atoms with E-state index in [9.17, 15) is 4.79 Å². The Morgan fingerprint density at radius 2 is 2.33 bits per heavy atom. The summed E-state index contributed by atoms with van der Waals surface area (Å²) in [4.78, 5) is 18.4. The molecule has 1 aliphatic heterocycles. The third-order valence-corrected chi connectivity index (χ3v) is 3.49. The topological polar surface area (TPSA) is 71.2 Å². The Kier molecular flexibility index (Phi) is 3.81. The van der Waals surface area contributed by atoms with Crippen molar-refractivity contribution in [3.63, 3.8) is 0 Å². The highest BCUT2D eigenvalue weighted by Gasteiger charge is 2.31. The molecular weight excluding hydrogens is 228 g/mol. The number of hydrogen-bond donors (Lipinski definition) is 2. The van der Waals surface area contributed by atoms with Gasteiger partial charge < -0.3 is 10.3 Å². The number of nitrogens with zero attached hydrogens (tertiary/aromatic N) is 2. The largest absolute Gasteiger partial charge is 0.335 e. The monoisotopic (exact) mass is 248 g/mol. The number of anilines is 1. The van der Waals surface area contributed by atoms with Gasteiger partial charge >= 0.3 is 0 Å². The zero-order chi connectivity index (χ0) is 13.1. The highest BCUT2D eigenvalue weighted by atomic mass is 16.2. The molecule has 2 rings (SSSR count). The summed E-state index contributed by atoms with van der Waals surface area (Å²) < 4.78 is 0. The lowest BCUT2D eigenvalue weighted by Gasteiger charge is -2.27. The minimum atomic E-state index is 0.0715. The molecule has 0 radical (unpaired) electrons. The van der Waals surface area contributed by atoms with Crippen molar-refractivity contribution in [2.75, 3.05) is 12.0 Å². The molecule has 0 spiro atoms. The Bertz CT molecular complexity index is 416. The van der Waals surface area contributed by atoms with Crippen LogP contribution in [-0.4, -0.2) is 28.4 Å². The predicted molar refractivity (Wildman–Crippen MR) is 70.9 cm³/mol. The van der Waals surface area contributed by atoms with Crippen LogP contribution >= 0.6 is 0 Å². The van der Waals surface area contributed by atoms with E-state index in [1.807, 2.05) is 4.90 Å². The molecule has 5 nitrogen and oxygen atoms in total. The van der Waals surface area contributed by atoms with Gasteiger partial charge in [0.1, 0.15) is 5.82 Å². The van der Waals surface area contributed by atoms with E-state index in [2.05, 4.69) is 24.3 Å². The van der Waals surface area contributed by atoms with E-state index in [0.717, 1.165) is 19.4 Å².